The van der Waals surface area contributed by atoms with Crippen LogP contribution in [0, 0.1) is 5.92 Å². The van der Waals surface area contributed by atoms with Crippen LogP contribution in [0.4, 0.5) is 24.9 Å². The number of amides is 2. The number of aromatic nitrogens is 5. The molecule has 3 fully saturated rings. The molecular formula is C25H28F2N8O2S2. The highest BCUT2D eigenvalue weighted by Crippen LogP contribution is 2.43. The highest BCUT2D eigenvalue weighted by atomic mass is 32.1. The van der Waals surface area contributed by atoms with Crippen LogP contribution in [0.1, 0.15) is 72.5 Å². The molecule has 39 heavy (non-hydrogen) atoms. The van der Waals surface area contributed by atoms with Crippen LogP contribution >= 0.6 is 22.7 Å². The largest absolute Gasteiger partial charge is 0.344 e. The van der Waals surface area contributed by atoms with Crippen molar-refractivity contribution in [2.45, 2.75) is 69.1 Å². The van der Waals surface area contributed by atoms with Gasteiger partial charge in [-0.15, -0.1) is 20.4 Å². The molecule has 3 aliphatic rings. The monoisotopic (exact) mass is 574 g/mol. The van der Waals surface area contributed by atoms with E-state index in [0.717, 1.165) is 48.5 Å². The third kappa shape index (κ3) is 6.55. The van der Waals surface area contributed by atoms with Crippen LogP contribution in [0.15, 0.2) is 18.2 Å². The quantitative estimate of drug-likeness (QED) is 0.380. The molecule has 2 amide bonds. The molecule has 3 aromatic rings. The van der Waals surface area contributed by atoms with Crippen molar-refractivity contribution in [1.82, 2.24) is 25.4 Å². The number of nitrogens with zero attached hydrogens (tertiary/aromatic N) is 6. The fraction of sp³-hybridized carbons (Fsp3) is 0.560. The average Bonchev–Trinajstić information content (AvgIpc) is 3.37. The second-order valence-electron chi connectivity index (χ2n) is 10.6. The Balaban J connectivity index is 1.02. The Morgan fingerprint density at radius 1 is 0.923 bits per heavy atom. The minimum Gasteiger partial charge on any atom is -0.344 e. The minimum atomic E-state index is -2.68. The lowest BCUT2D eigenvalue weighted by atomic mass is 9.82. The summed E-state index contributed by atoms with van der Waals surface area (Å²) in [5.41, 5.74) is 0.500. The fourth-order valence-corrected chi connectivity index (χ4v) is 6.85. The molecule has 0 spiro atoms. The lowest BCUT2D eigenvalue weighted by Gasteiger charge is -2.39. The number of anilines is 3. The summed E-state index contributed by atoms with van der Waals surface area (Å²) in [5.74, 6) is -1.56. The predicted octanol–water partition coefficient (Wildman–Crippen LogP) is 4.60. The first-order chi connectivity index (χ1) is 18.8. The zero-order chi connectivity index (χ0) is 27.0. The number of hydrogen-bond acceptors (Lipinski definition) is 10. The standard InChI is InChI=1S/C25H28F2N8O2S2/c26-25(27)12-35(13-25)18-6-2-5-17(28-18)11-20(37)30-24-34-32-22(39-24)16-4-1-3-15(10-16)21-31-33-23(38-21)29-19(36)9-14-7-8-14/h2,5-6,14-16H,1,3-4,7-13H2,(H,29,33,36)(H,30,34,37)/t15-,16-/m0/s1. The van der Waals surface area contributed by atoms with E-state index in [0.29, 0.717) is 34.1 Å². The van der Waals surface area contributed by atoms with Crippen LogP contribution in [-0.2, 0) is 16.0 Å². The van der Waals surface area contributed by atoms with Gasteiger partial charge in [-0.25, -0.2) is 13.8 Å². The first kappa shape index (κ1) is 26.1. The Hall–Kier alpha value is -3.13. The van der Waals surface area contributed by atoms with Gasteiger partial charge in [0, 0.05) is 18.3 Å². The van der Waals surface area contributed by atoms with E-state index in [-0.39, 0.29) is 43.2 Å². The van der Waals surface area contributed by atoms with Crippen LogP contribution in [0.5, 0.6) is 0 Å². The van der Waals surface area contributed by atoms with E-state index in [1.165, 1.54) is 27.6 Å². The van der Waals surface area contributed by atoms with E-state index in [4.69, 9.17) is 0 Å². The normalized spacial score (nSPS) is 22.3. The highest BCUT2D eigenvalue weighted by Gasteiger charge is 2.44. The van der Waals surface area contributed by atoms with Gasteiger partial charge in [-0.05, 0) is 50.2 Å². The predicted molar refractivity (Wildman–Crippen MR) is 143 cm³/mol. The number of carbonyl (C=O) groups is 2. The average molecular weight is 575 g/mol. The van der Waals surface area contributed by atoms with E-state index < -0.39 is 5.92 Å². The third-order valence-electron chi connectivity index (χ3n) is 7.22. The molecule has 206 valence electrons. The Morgan fingerprint density at radius 2 is 1.56 bits per heavy atom. The van der Waals surface area contributed by atoms with E-state index in [1.807, 2.05) is 0 Å². The van der Waals surface area contributed by atoms with Gasteiger partial charge < -0.3 is 15.5 Å². The number of halogens is 2. The summed E-state index contributed by atoms with van der Waals surface area (Å²) < 4.78 is 26.4. The van der Waals surface area contributed by atoms with Crippen molar-refractivity contribution >= 4 is 50.6 Å². The van der Waals surface area contributed by atoms with Crippen LogP contribution < -0.4 is 15.5 Å². The zero-order valence-electron chi connectivity index (χ0n) is 21.1. The molecule has 0 aromatic carbocycles. The summed E-state index contributed by atoms with van der Waals surface area (Å²) in [6.07, 6.45) is 6.69. The van der Waals surface area contributed by atoms with Crippen LogP contribution in [0.3, 0.4) is 0 Å². The molecule has 1 saturated heterocycles. The van der Waals surface area contributed by atoms with Gasteiger partial charge in [0.2, 0.25) is 22.1 Å². The summed E-state index contributed by atoms with van der Waals surface area (Å²) in [6.45, 7) is -0.717. The van der Waals surface area contributed by atoms with Crippen molar-refractivity contribution in [2.24, 2.45) is 5.92 Å². The van der Waals surface area contributed by atoms with Gasteiger partial charge in [-0.2, -0.15) is 0 Å². The molecule has 0 unspecified atom stereocenters. The molecule has 4 heterocycles. The summed E-state index contributed by atoms with van der Waals surface area (Å²) in [6, 6.07) is 5.08. The second-order valence-corrected chi connectivity index (χ2v) is 12.6. The molecule has 0 bridgehead atoms. The first-order valence-corrected chi connectivity index (χ1v) is 14.8. The first-order valence-electron chi connectivity index (χ1n) is 13.1. The van der Waals surface area contributed by atoms with Crippen molar-refractivity contribution in [2.75, 3.05) is 28.6 Å². The number of rotatable bonds is 9. The molecule has 2 saturated carbocycles. The Morgan fingerprint density at radius 3 is 2.18 bits per heavy atom. The van der Waals surface area contributed by atoms with Gasteiger partial charge >= 0.3 is 0 Å². The van der Waals surface area contributed by atoms with Crippen molar-refractivity contribution in [1.29, 1.82) is 0 Å². The SMILES string of the molecule is O=C(Cc1cccc(N2CC(F)(F)C2)n1)Nc1nnc([C@H]2CCC[C@H](c3nnc(NC(=O)CC4CC4)s3)C2)s1. The molecule has 2 N–H and O–H groups in total. The van der Waals surface area contributed by atoms with E-state index in [1.54, 1.807) is 18.2 Å². The van der Waals surface area contributed by atoms with Gasteiger partial charge in [0.1, 0.15) is 15.8 Å². The molecule has 2 aliphatic carbocycles. The van der Waals surface area contributed by atoms with Crippen LogP contribution in [0.25, 0.3) is 0 Å². The number of hydrogen-bond donors (Lipinski definition) is 2. The number of nitrogens with one attached hydrogen (secondary N) is 2. The zero-order valence-corrected chi connectivity index (χ0v) is 22.7. The smallest absolute Gasteiger partial charge is 0.282 e. The fourth-order valence-electron chi connectivity index (χ4n) is 5.04. The minimum absolute atomic E-state index is 0.00874. The maximum absolute atomic E-state index is 13.2. The van der Waals surface area contributed by atoms with Crippen molar-refractivity contribution < 1.29 is 18.4 Å². The summed E-state index contributed by atoms with van der Waals surface area (Å²) >= 11 is 2.81. The van der Waals surface area contributed by atoms with Gasteiger partial charge in [-0.3, -0.25) is 9.59 Å². The van der Waals surface area contributed by atoms with E-state index in [9.17, 15) is 18.4 Å². The van der Waals surface area contributed by atoms with Crippen LogP contribution in [-0.4, -0.2) is 56.2 Å². The number of carbonyl (C=O) groups excluding carboxylic acids is 2. The molecule has 14 heteroatoms. The Kier molecular flexibility index (Phi) is 7.23. The van der Waals surface area contributed by atoms with Gasteiger partial charge in [0.25, 0.3) is 5.92 Å². The van der Waals surface area contributed by atoms with Gasteiger partial charge in [0.15, 0.2) is 0 Å². The lowest BCUT2D eigenvalue weighted by Crippen LogP contribution is -2.56. The van der Waals surface area contributed by atoms with Gasteiger partial charge in [0.05, 0.1) is 25.2 Å². The van der Waals surface area contributed by atoms with Crippen LogP contribution in [0.2, 0.25) is 0 Å². The van der Waals surface area contributed by atoms with Crippen molar-refractivity contribution in [3.63, 3.8) is 0 Å². The van der Waals surface area contributed by atoms with E-state index in [2.05, 4.69) is 36.0 Å². The molecule has 10 nitrogen and oxygen atoms in total. The molecule has 3 aromatic heterocycles. The topological polar surface area (TPSA) is 126 Å². The highest BCUT2D eigenvalue weighted by molar-refractivity contribution is 7.15. The Labute approximate surface area is 231 Å². The summed E-state index contributed by atoms with van der Waals surface area (Å²) in [4.78, 5) is 30.6. The van der Waals surface area contributed by atoms with Gasteiger partial charge in [-0.1, -0.05) is 35.2 Å². The maximum Gasteiger partial charge on any atom is 0.282 e. The molecule has 1 aliphatic heterocycles. The summed E-state index contributed by atoms with van der Waals surface area (Å²) in [7, 11) is 0. The maximum atomic E-state index is 13.2. The molecule has 2 atom stereocenters. The molecule has 6 rings (SSSR count). The van der Waals surface area contributed by atoms with Crippen molar-refractivity contribution in [3.8, 4) is 0 Å². The Bertz CT molecular complexity index is 1350. The lowest BCUT2D eigenvalue weighted by molar-refractivity contribution is -0.117. The van der Waals surface area contributed by atoms with Crippen molar-refractivity contribution in [3.05, 3.63) is 33.9 Å². The summed E-state index contributed by atoms with van der Waals surface area (Å²) in [5, 5.41) is 25.5. The number of pyridine rings is 1. The molecular weight excluding hydrogens is 546 g/mol. The second kappa shape index (κ2) is 10.8. The third-order valence-corrected chi connectivity index (χ3v) is 9.22. The van der Waals surface area contributed by atoms with E-state index >= 15 is 0 Å². The molecule has 0 radical (unpaired) electrons. The number of alkyl halides is 2.